The van der Waals surface area contributed by atoms with Crippen LogP contribution in [0.25, 0.3) is 0 Å². The third-order valence-electron chi connectivity index (χ3n) is 6.11. The highest BCUT2D eigenvalue weighted by molar-refractivity contribution is 5.44. The van der Waals surface area contributed by atoms with Crippen molar-refractivity contribution in [2.45, 2.75) is 38.5 Å². The minimum Gasteiger partial charge on any atom is -0.496 e. The van der Waals surface area contributed by atoms with Crippen LogP contribution in [0.5, 0.6) is 17.2 Å². The highest BCUT2D eigenvalue weighted by Gasteiger charge is 2.37. The normalized spacial score (nSPS) is 13.0. The summed E-state index contributed by atoms with van der Waals surface area (Å²) in [5.41, 5.74) is 1.65. The second-order valence-corrected chi connectivity index (χ2v) is 8.28. The Morgan fingerprint density at radius 3 is 2.23 bits per heavy atom. The van der Waals surface area contributed by atoms with Gasteiger partial charge in [-0.3, -0.25) is 0 Å². The van der Waals surface area contributed by atoms with E-state index in [0.29, 0.717) is 0 Å². The van der Waals surface area contributed by atoms with Crippen LogP contribution in [0.2, 0.25) is 0 Å². The van der Waals surface area contributed by atoms with Crippen LogP contribution in [0.15, 0.2) is 42.5 Å². The monoisotopic (exact) mass is 424 g/mol. The maximum atomic E-state index is 10.2. The molecule has 0 aliphatic heterocycles. The van der Waals surface area contributed by atoms with Crippen LogP contribution in [0.3, 0.4) is 0 Å². The van der Waals surface area contributed by atoms with Gasteiger partial charge in [0.25, 0.3) is 0 Å². The third kappa shape index (κ3) is 5.92. The maximum absolute atomic E-state index is 10.2. The average molecular weight is 425 g/mol. The van der Waals surface area contributed by atoms with E-state index in [-0.39, 0.29) is 5.92 Å². The van der Waals surface area contributed by atoms with E-state index in [2.05, 4.69) is 37.9 Å². The number of nitriles is 1. The van der Waals surface area contributed by atoms with Crippen LogP contribution in [-0.2, 0) is 11.8 Å². The van der Waals surface area contributed by atoms with Gasteiger partial charge < -0.3 is 19.1 Å². The number of para-hydroxylation sites is 1. The molecular weight excluding hydrogens is 388 g/mol. The number of hydrogen-bond acceptors (Lipinski definition) is 5. The molecule has 31 heavy (non-hydrogen) atoms. The lowest BCUT2D eigenvalue weighted by molar-refractivity contribution is 0.288. The lowest BCUT2D eigenvalue weighted by atomic mass is 9.69. The molecule has 0 spiro atoms. The van der Waals surface area contributed by atoms with Crippen molar-refractivity contribution in [3.8, 4) is 23.3 Å². The zero-order chi connectivity index (χ0) is 22.9. The average Bonchev–Trinajstić information content (AvgIpc) is 2.80. The van der Waals surface area contributed by atoms with E-state index >= 15 is 0 Å². The van der Waals surface area contributed by atoms with Crippen molar-refractivity contribution in [2.24, 2.45) is 5.92 Å². The lowest BCUT2D eigenvalue weighted by Gasteiger charge is -2.33. The van der Waals surface area contributed by atoms with Crippen LogP contribution >= 0.6 is 0 Å². The minimum absolute atomic E-state index is 0.186. The minimum atomic E-state index is -0.559. The summed E-state index contributed by atoms with van der Waals surface area (Å²) in [4.78, 5) is 2.32. The molecule has 0 bridgehead atoms. The first kappa shape index (κ1) is 24.6. The molecule has 0 N–H and O–H groups in total. The molecule has 0 amide bonds. The van der Waals surface area contributed by atoms with Crippen LogP contribution in [0.4, 0.5) is 0 Å². The molecule has 168 valence electrons. The standard InChI is InChI=1S/C26H36N2O3/c1-20(2)26(19-27,22-10-7-8-11-23(22)29-4)15-9-16-28(3)17-14-21-12-13-24(30-5)25(18-21)31-6/h7-8,10-13,18,20H,9,14-17H2,1-6H3. The van der Waals surface area contributed by atoms with Crippen molar-refractivity contribution in [2.75, 3.05) is 41.5 Å². The first-order valence-electron chi connectivity index (χ1n) is 10.9. The Kier molecular flexibility index (Phi) is 9.21. The van der Waals surface area contributed by atoms with E-state index in [1.54, 1.807) is 21.3 Å². The van der Waals surface area contributed by atoms with Gasteiger partial charge >= 0.3 is 0 Å². The molecule has 2 aromatic rings. The van der Waals surface area contributed by atoms with Gasteiger partial charge in [0, 0.05) is 12.1 Å². The number of ether oxygens (including phenoxy) is 3. The lowest BCUT2D eigenvalue weighted by Crippen LogP contribution is -2.33. The first-order chi connectivity index (χ1) is 14.9. The predicted molar refractivity (Wildman–Crippen MR) is 125 cm³/mol. The number of nitrogens with zero attached hydrogens (tertiary/aromatic N) is 2. The molecule has 0 aliphatic rings. The fraction of sp³-hybridized carbons (Fsp3) is 0.500. The summed E-state index contributed by atoms with van der Waals surface area (Å²) in [6.45, 7) is 6.11. The molecule has 5 heteroatoms. The number of rotatable bonds is 12. The number of likely N-dealkylation sites (N-methyl/N-ethyl adjacent to an activating group) is 1. The van der Waals surface area contributed by atoms with Crippen LogP contribution in [0.1, 0.15) is 37.8 Å². The zero-order valence-electron chi connectivity index (χ0n) is 19.8. The van der Waals surface area contributed by atoms with Crippen molar-refractivity contribution in [3.63, 3.8) is 0 Å². The largest absolute Gasteiger partial charge is 0.496 e. The fourth-order valence-electron chi connectivity index (χ4n) is 4.09. The molecule has 2 rings (SSSR count). The van der Waals surface area contributed by atoms with Gasteiger partial charge in [0.1, 0.15) is 5.75 Å². The van der Waals surface area contributed by atoms with Crippen molar-refractivity contribution in [3.05, 3.63) is 53.6 Å². The van der Waals surface area contributed by atoms with E-state index in [0.717, 1.165) is 55.2 Å². The predicted octanol–water partition coefficient (Wildman–Crippen LogP) is 5.08. The molecule has 1 atom stereocenters. The van der Waals surface area contributed by atoms with E-state index < -0.39 is 5.41 Å². The molecule has 5 nitrogen and oxygen atoms in total. The quantitative estimate of drug-likeness (QED) is 0.475. The van der Waals surface area contributed by atoms with Crippen LogP contribution in [0, 0.1) is 17.2 Å². The van der Waals surface area contributed by atoms with E-state index in [4.69, 9.17) is 14.2 Å². The summed E-state index contributed by atoms with van der Waals surface area (Å²) >= 11 is 0. The van der Waals surface area contributed by atoms with E-state index in [9.17, 15) is 5.26 Å². The molecule has 1 unspecified atom stereocenters. The van der Waals surface area contributed by atoms with E-state index in [1.807, 2.05) is 36.4 Å². The maximum Gasteiger partial charge on any atom is 0.160 e. The first-order valence-corrected chi connectivity index (χ1v) is 10.9. The molecule has 0 aliphatic carbocycles. The highest BCUT2D eigenvalue weighted by Crippen LogP contribution is 2.41. The topological polar surface area (TPSA) is 54.7 Å². The highest BCUT2D eigenvalue weighted by atomic mass is 16.5. The Morgan fingerprint density at radius 1 is 0.935 bits per heavy atom. The Hall–Kier alpha value is -2.71. The SMILES string of the molecule is COc1ccc(CCN(C)CCCC(C#N)(c2ccccc2OC)C(C)C)cc1OC. The molecule has 0 saturated heterocycles. The van der Waals surface area contributed by atoms with Crippen LogP contribution < -0.4 is 14.2 Å². The van der Waals surface area contributed by atoms with Gasteiger partial charge in [0.2, 0.25) is 0 Å². The molecule has 0 radical (unpaired) electrons. The Morgan fingerprint density at radius 2 is 1.61 bits per heavy atom. The second-order valence-electron chi connectivity index (χ2n) is 8.28. The molecule has 0 aromatic heterocycles. The van der Waals surface area contributed by atoms with Gasteiger partial charge in [-0.1, -0.05) is 38.1 Å². The Balaban J connectivity index is 1.99. The molecule has 0 heterocycles. The number of benzene rings is 2. The van der Waals surface area contributed by atoms with Gasteiger partial charge in [0.05, 0.1) is 32.8 Å². The summed E-state index contributed by atoms with van der Waals surface area (Å²) in [6.07, 6.45) is 2.66. The van der Waals surface area contributed by atoms with Crippen molar-refractivity contribution in [1.29, 1.82) is 5.26 Å². The van der Waals surface area contributed by atoms with Crippen molar-refractivity contribution in [1.82, 2.24) is 4.90 Å². The van der Waals surface area contributed by atoms with Crippen molar-refractivity contribution >= 4 is 0 Å². The molecule has 0 fully saturated rings. The number of hydrogen-bond donors (Lipinski definition) is 0. The van der Waals surface area contributed by atoms with Crippen molar-refractivity contribution < 1.29 is 14.2 Å². The molecular formula is C26H36N2O3. The van der Waals surface area contributed by atoms with Gasteiger partial charge in [0.15, 0.2) is 11.5 Å². The summed E-state index contributed by atoms with van der Waals surface area (Å²) in [6, 6.07) is 16.6. The fourth-order valence-corrected chi connectivity index (χ4v) is 4.09. The summed E-state index contributed by atoms with van der Waals surface area (Å²) < 4.78 is 16.3. The summed E-state index contributed by atoms with van der Waals surface area (Å²) in [5, 5.41) is 10.2. The smallest absolute Gasteiger partial charge is 0.160 e. The van der Waals surface area contributed by atoms with E-state index in [1.165, 1.54) is 5.56 Å². The molecule has 0 saturated carbocycles. The number of methoxy groups -OCH3 is 3. The van der Waals surface area contributed by atoms with Gasteiger partial charge in [-0.05, 0) is 62.5 Å². The molecule has 2 aromatic carbocycles. The van der Waals surface area contributed by atoms with Gasteiger partial charge in [-0.25, -0.2) is 0 Å². The Bertz CT molecular complexity index is 875. The Labute approximate surface area is 187 Å². The second kappa shape index (κ2) is 11.6. The van der Waals surface area contributed by atoms with Gasteiger partial charge in [-0.15, -0.1) is 0 Å². The summed E-state index contributed by atoms with van der Waals surface area (Å²) in [7, 11) is 7.11. The zero-order valence-corrected chi connectivity index (χ0v) is 19.8. The summed E-state index contributed by atoms with van der Waals surface area (Å²) in [5.74, 6) is 2.48. The van der Waals surface area contributed by atoms with Gasteiger partial charge in [-0.2, -0.15) is 5.26 Å². The van der Waals surface area contributed by atoms with Crippen LogP contribution in [-0.4, -0.2) is 46.4 Å². The third-order valence-corrected chi connectivity index (χ3v) is 6.11.